The summed E-state index contributed by atoms with van der Waals surface area (Å²) >= 11 is 0. The summed E-state index contributed by atoms with van der Waals surface area (Å²) in [6.45, 7) is 0.835. The normalized spacial score (nSPS) is 28.9. The van der Waals surface area contributed by atoms with E-state index in [9.17, 15) is 24.5 Å². The van der Waals surface area contributed by atoms with E-state index in [4.69, 9.17) is 4.74 Å². The number of non-ortho nitro benzene ring substituents is 1. The van der Waals surface area contributed by atoms with Crippen molar-refractivity contribution in [1.29, 1.82) is 0 Å². The van der Waals surface area contributed by atoms with Gasteiger partial charge in [-0.2, -0.15) is 0 Å². The number of piperidine rings is 1. The van der Waals surface area contributed by atoms with Crippen molar-refractivity contribution in [3.8, 4) is 0 Å². The van der Waals surface area contributed by atoms with E-state index in [0.717, 1.165) is 51.6 Å². The number of amides is 3. The molecule has 0 radical (unpaired) electrons. The highest BCUT2D eigenvalue weighted by Crippen LogP contribution is 2.55. The minimum Gasteiger partial charge on any atom is -0.452 e. The fourth-order valence-electron chi connectivity index (χ4n) is 7.12. The van der Waals surface area contributed by atoms with E-state index >= 15 is 0 Å². The number of nitro benzene ring substituents is 1. The van der Waals surface area contributed by atoms with E-state index in [0.29, 0.717) is 23.4 Å². The number of anilines is 1. The minimum absolute atomic E-state index is 0.0481. The Labute approximate surface area is 203 Å². The van der Waals surface area contributed by atoms with Crippen molar-refractivity contribution < 1.29 is 24.0 Å². The highest BCUT2D eigenvalue weighted by atomic mass is 16.6. The van der Waals surface area contributed by atoms with Crippen molar-refractivity contribution in [2.45, 2.75) is 63.3 Å². The second kappa shape index (κ2) is 9.47. The SMILES string of the molecule is O=C(COC(=O)c1cc([N+](=O)[O-])ccc1N1CCCCC1)NC(=O)NC12CC3CC(CC(C3)C1)C2. The van der Waals surface area contributed by atoms with Gasteiger partial charge in [-0.15, -0.1) is 0 Å². The molecule has 10 heteroatoms. The maximum absolute atomic E-state index is 12.8. The Balaban J connectivity index is 1.18. The molecule has 35 heavy (non-hydrogen) atoms. The number of hydrogen-bond donors (Lipinski definition) is 2. The summed E-state index contributed by atoms with van der Waals surface area (Å²) in [7, 11) is 0. The van der Waals surface area contributed by atoms with Crippen molar-refractivity contribution in [3.05, 3.63) is 33.9 Å². The summed E-state index contributed by atoms with van der Waals surface area (Å²) in [5.74, 6) is 0.406. The average Bonchev–Trinajstić information content (AvgIpc) is 2.81. The van der Waals surface area contributed by atoms with Gasteiger partial charge in [-0.3, -0.25) is 20.2 Å². The number of carbonyl (C=O) groups excluding carboxylic acids is 3. The van der Waals surface area contributed by atoms with Gasteiger partial charge < -0.3 is 15.0 Å². The molecule has 4 aliphatic carbocycles. The van der Waals surface area contributed by atoms with E-state index in [1.807, 2.05) is 4.90 Å². The van der Waals surface area contributed by atoms with Crippen LogP contribution >= 0.6 is 0 Å². The first-order valence-corrected chi connectivity index (χ1v) is 12.6. The van der Waals surface area contributed by atoms with Crippen LogP contribution in [0, 0.1) is 27.9 Å². The second-order valence-electron chi connectivity index (χ2n) is 10.8. The lowest BCUT2D eigenvalue weighted by Crippen LogP contribution is -2.62. The van der Waals surface area contributed by atoms with Gasteiger partial charge in [0.05, 0.1) is 16.2 Å². The first-order chi connectivity index (χ1) is 16.8. The molecule has 0 atom stereocenters. The lowest BCUT2D eigenvalue weighted by Gasteiger charge is -2.56. The summed E-state index contributed by atoms with van der Waals surface area (Å²) in [6.07, 6.45) is 9.64. The number of nitro groups is 1. The Kier molecular flexibility index (Phi) is 6.37. The number of urea groups is 1. The van der Waals surface area contributed by atoms with Gasteiger partial charge in [0.15, 0.2) is 6.61 Å². The fraction of sp³-hybridized carbons (Fsp3) is 0.640. The lowest BCUT2D eigenvalue weighted by atomic mass is 9.53. The first kappa shape index (κ1) is 23.6. The molecule has 0 spiro atoms. The van der Waals surface area contributed by atoms with E-state index < -0.39 is 29.4 Å². The molecule has 5 fully saturated rings. The predicted octanol–water partition coefficient (Wildman–Crippen LogP) is 3.54. The molecule has 1 aliphatic heterocycles. The molecule has 188 valence electrons. The largest absolute Gasteiger partial charge is 0.452 e. The van der Waals surface area contributed by atoms with Gasteiger partial charge in [-0.05, 0) is 81.6 Å². The van der Waals surface area contributed by atoms with Crippen LogP contribution in [-0.2, 0) is 9.53 Å². The summed E-state index contributed by atoms with van der Waals surface area (Å²) in [4.78, 5) is 50.4. The number of benzene rings is 1. The molecule has 2 N–H and O–H groups in total. The van der Waals surface area contributed by atoms with Gasteiger partial charge in [-0.1, -0.05) is 0 Å². The maximum Gasteiger partial charge on any atom is 0.341 e. The summed E-state index contributed by atoms with van der Waals surface area (Å²) < 4.78 is 5.17. The number of nitrogens with one attached hydrogen (secondary N) is 2. The summed E-state index contributed by atoms with van der Waals surface area (Å²) in [6, 6.07) is 3.54. The third kappa shape index (κ3) is 5.11. The van der Waals surface area contributed by atoms with Gasteiger partial charge in [-0.25, -0.2) is 9.59 Å². The number of rotatable bonds is 6. The molecule has 5 aliphatic rings. The molecule has 1 aromatic carbocycles. The van der Waals surface area contributed by atoms with Crippen LogP contribution in [0.2, 0.25) is 0 Å². The Morgan fingerprint density at radius 2 is 1.66 bits per heavy atom. The highest BCUT2D eigenvalue weighted by Gasteiger charge is 2.51. The smallest absolute Gasteiger partial charge is 0.341 e. The molecular formula is C25H32N4O6. The predicted molar refractivity (Wildman–Crippen MR) is 127 cm³/mol. The van der Waals surface area contributed by atoms with Crippen LogP contribution in [0.25, 0.3) is 0 Å². The zero-order chi connectivity index (χ0) is 24.6. The van der Waals surface area contributed by atoms with Crippen LogP contribution in [0.3, 0.4) is 0 Å². The molecule has 1 heterocycles. The number of esters is 1. The highest BCUT2D eigenvalue weighted by molar-refractivity contribution is 5.99. The Morgan fingerprint density at radius 1 is 1.03 bits per heavy atom. The molecule has 6 rings (SSSR count). The van der Waals surface area contributed by atoms with Crippen molar-refractivity contribution >= 4 is 29.3 Å². The Hall–Kier alpha value is -3.17. The molecule has 1 aromatic rings. The lowest BCUT2D eigenvalue weighted by molar-refractivity contribution is -0.384. The zero-order valence-electron chi connectivity index (χ0n) is 19.8. The number of imide groups is 1. The molecule has 3 amide bonds. The topological polar surface area (TPSA) is 131 Å². The van der Waals surface area contributed by atoms with Gasteiger partial charge >= 0.3 is 12.0 Å². The standard InChI is InChI=1S/C25H32N4O6/c30-22(26-24(32)27-25-12-16-8-17(13-25)10-18(9-16)14-25)15-35-23(31)20-11-19(29(33)34)4-5-21(20)28-6-2-1-3-7-28/h4-5,11,16-18H,1-3,6-10,12-15H2,(H2,26,27,30,32). The van der Waals surface area contributed by atoms with Crippen LogP contribution in [-0.4, -0.2) is 48.1 Å². The third-order valence-electron chi connectivity index (χ3n) is 8.11. The van der Waals surface area contributed by atoms with Crippen molar-refractivity contribution in [3.63, 3.8) is 0 Å². The van der Waals surface area contributed by atoms with E-state index in [-0.39, 0.29) is 16.8 Å². The van der Waals surface area contributed by atoms with Crippen molar-refractivity contribution in [1.82, 2.24) is 10.6 Å². The number of carbonyl (C=O) groups is 3. The van der Waals surface area contributed by atoms with Gasteiger partial charge in [0, 0.05) is 30.8 Å². The number of ether oxygens (including phenoxy) is 1. The average molecular weight is 485 g/mol. The molecule has 4 saturated carbocycles. The van der Waals surface area contributed by atoms with Crippen LogP contribution in [0.4, 0.5) is 16.2 Å². The van der Waals surface area contributed by atoms with Gasteiger partial charge in [0.1, 0.15) is 0 Å². The minimum atomic E-state index is -0.828. The maximum atomic E-state index is 12.8. The third-order valence-corrected chi connectivity index (χ3v) is 8.11. The van der Waals surface area contributed by atoms with Crippen molar-refractivity contribution in [2.24, 2.45) is 17.8 Å². The van der Waals surface area contributed by atoms with Gasteiger partial charge in [0.25, 0.3) is 11.6 Å². The van der Waals surface area contributed by atoms with Gasteiger partial charge in [0.2, 0.25) is 0 Å². The molecule has 0 aromatic heterocycles. The van der Waals surface area contributed by atoms with E-state index in [2.05, 4.69) is 10.6 Å². The monoisotopic (exact) mass is 484 g/mol. The molecule has 4 bridgehead atoms. The summed E-state index contributed by atoms with van der Waals surface area (Å²) in [5.41, 5.74) is 0.145. The molecule has 10 nitrogen and oxygen atoms in total. The quantitative estimate of drug-likeness (QED) is 0.359. The van der Waals surface area contributed by atoms with E-state index in [1.165, 1.54) is 31.4 Å². The number of hydrogen-bond acceptors (Lipinski definition) is 7. The Bertz CT molecular complexity index is 999. The first-order valence-electron chi connectivity index (χ1n) is 12.6. The summed E-state index contributed by atoms with van der Waals surface area (Å²) in [5, 5.41) is 16.6. The van der Waals surface area contributed by atoms with Crippen LogP contribution < -0.4 is 15.5 Å². The Morgan fingerprint density at radius 3 is 2.26 bits per heavy atom. The molecular weight excluding hydrogens is 452 g/mol. The number of nitrogens with zero attached hydrogens (tertiary/aromatic N) is 2. The van der Waals surface area contributed by atoms with Crippen molar-refractivity contribution in [2.75, 3.05) is 24.6 Å². The van der Waals surface area contributed by atoms with Crippen LogP contribution in [0.15, 0.2) is 18.2 Å². The van der Waals surface area contributed by atoms with Crippen LogP contribution in [0.1, 0.15) is 68.1 Å². The zero-order valence-corrected chi connectivity index (χ0v) is 19.8. The van der Waals surface area contributed by atoms with E-state index in [1.54, 1.807) is 6.07 Å². The molecule has 1 saturated heterocycles. The fourth-order valence-corrected chi connectivity index (χ4v) is 7.12. The molecule has 0 unspecified atom stereocenters. The second-order valence-corrected chi connectivity index (χ2v) is 10.8. The van der Waals surface area contributed by atoms with Crippen LogP contribution in [0.5, 0.6) is 0 Å².